The summed E-state index contributed by atoms with van der Waals surface area (Å²) in [5.41, 5.74) is 6.57. The zero-order chi connectivity index (χ0) is 23.2. The number of aromatic nitrogens is 1. The van der Waals surface area contributed by atoms with Gasteiger partial charge in [-0.25, -0.2) is 4.79 Å². The lowest BCUT2D eigenvalue weighted by Gasteiger charge is -2.28. The van der Waals surface area contributed by atoms with Gasteiger partial charge < -0.3 is 14.2 Å². The number of likely N-dealkylation sites (N-methyl/N-ethyl adjacent to an activating group) is 1. The molecule has 0 amide bonds. The Morgan fingerprint density at radius 3 is 2.64 bits per heavy atom. The molecule has 1 aliphatic heterocycles. The second kappa shape index (κ2) is 10.8. The minimum absolute atomic E-state index is 0.331. The normalized spacial score (nSPS) is 14.3. The summed E-state index contributed by atoms with van der Waals surface area (Å²) in [4.78, 5) is 16.6. The lowest BCUT2D eigenvalue weighted by Crippen LogP contribution is -2.32. The number of fused-ring (bicyclic) bond motifs is 3. The van der Waals surface area contributed by atoms with Crippen LogP contribution >= 0.6 is 0 Å². The molecule has 1 aromatic heterocycles. The number of rotatable bonds is 9. The fourth-order valence-corrected chi connectivity index (χ4v) is 4.87. The molecule has 0 atom stereocenters. The maximum absolute atomic E-state index is 11.6. The first-order valence-electron chi connectivity index (χ1n) is 12.0. The number of benzene rings is 2. The summed E-state index contributed by atoms with van der Waals surface area (Å²) in [6, 6.07) is 17.3. The number of ether oxygens (including phenoxy) is 1. The Balaban J connectivity index is 1.68. The zero-order valence-corrected chi connectivity index (χ0v) is 20.1. The molecule has 1 aliphatic rings. The number of hydrogen-bond acceptors (Lipinski definition) is 4. The number of hydrogen-bond donors (Lipinski definition) is 0. The largest absolute Gasteiger partial charge is 0.466 e. The van der Waals surface area contributed by atoms with Gasteiger partial charge in [-0.3, -0.25) is 4.90 Å². The molecule has 33 heavy (non-hydrogen) atoms. The average molecular weight is 446 g/mol. The molecule has 0 saturated heterocycles. The van der Waals surface area contributed by atoms with Crippen molar-refractivity contribution in [2.45, 2.75) is 39.9 Å². The van der Waals surface area contributed by atoms with Crippen molar-refractivity contribution in [2.75, 3.05) is 33.3 Å². The van der Waals surface area contributed by atoms with Crippen LogP contribution in [0.3, 0.4) is 0 Å². The molecule has 174 valence electrons. The minimum atomic E-state index is -0.331. The van der Waals surface area contributed by atoms with Crippen LogP contribution in [0.1, 0.15) is 36.2 Å². The second-order valence-corrected chi connectivity index (χ2v) is 8.68. The predicted molar refractivity (Wildman–Crippen MR) is 135 cm³/mol. The SMILES string of the molecule is CCN(CC)CCn1c2c(c3cc(/C=C/C(=O)OC)ccc31)CN(Cc1ccccc1)CC2. The molecule has 0 bridgehead atoms. The molecule has 0 fully saturated rings. The molecule has 5 heteroatoms. The van der Waals surface area contributed by atoms with Gasteiger partial charge in [0.25, 0.3) is 0 Å². The molecule has 0 N–H and O–H groups in total. The molecule has 3 aromatic rings. The van der Waals surface area contributed by atoms with E-state index in [1.807, 2.05) is 6.08 Å². The van der Waals surface area contributed by atoms with E-state index in [4.69, 9.17) is 4.74 Å². The standard InChI is InChI=1S/C28H35N3O2/c1-4-29(5-2)17-18-31-26-13-11-22(12-14-28(32)33-3)19-24(26)25-21-30(16-15-27(25)31)20-23-9-7-6-8-10-23/h6-14,19H,4-5,15-18,20-21H2,1-3H3/b14-12+. The Morgan fingerprint density at radius 2 is 1.91 bits per heavy atom. The van der Waals surface area contributed by atoms with Crippen LogP contribution < -0.4 is 0 Å². The van der Waals surface area contributed by atoms with Crippen molar-refractivity contribution in [3.63, 3.8) is 0 Å². The van der Waals surface area contributed by atoms with Crippen molar-refractivity contribution in [3.05, 3.63) is 77.0 Å². The minimum Gasteiger partial charge on any atom is -0.466 e. The first-order chi connectivity index (χ1) is 16.1. The van der Waals surface area contributed by atoms with Crippen LogP contribution in [0.2, 0.25) is 0 Å². The molecule has 0 spiro atoms. The van der Waals surface area contributed by atoms with Gasteiger partial charge >= 0.3 is 5.97 Å². The Kier molecular flexibility index (Phi) is 7.63. The maximum atomic E-state index is 11.6. The van der Waals surface area contributed by atoms with E-state index in [1.54, 1.807) is 0 Å². The molecule has 4 rings (SSSR count). The highest BCUT2D eigenvalue weighted by atomic mass is 16.5. The van der Waals surface area contributed by atoms with E-state index in [1.165, 1.54) is 40.9 Å². The van der Waals surface area contributed by atoms with Gasteiger partial charge in [0.15, 0.2) is 0 Å². The van der Waals surface area contributed by atoms with E-state index in [2.05, 4.69) is 76.7 Å². The van der Waals surface area contributed by atoms with Crippen LogP contribution in [0, 0.1) is 0 Å². The Bertz CT molecular complexity index is 1110. The number of carbonyl (C=O) groups is 1. The highest BCUT2D eigenvalue weighted by Crippen LogP contribution is 2.32. The van der Waals surface area contributed by atoms with E-state index < -0.39 is 0 Å². The third kappa shape index (κ3) is 5.37. The molecular formula is C28H35N3O2. The lowest BCUT2D eigenvalue weighted by molar-refractivity contribution is -0.134. The van der Waals surface area contributed by atoms with Crippen LogP contribution in [0.4, 0.5) is 0 Å². The van der Waals surface area contributed by atoms with Gasteiger partial charge in [-0.2, -0.15) is 0 Å². The van der Waals surface area contributed by atoms with Gasteiger partial charge in [0.05, 0.1) is 7.11 Å². The van der Waals surface area contributed by atoms with Gasteiger partial charge in [-0.15, -0.1) is 0 Å². The second-order valence-electron chi connectivity index (χ2n) is 8.68. The van der Waals surface area contributed by atoms with Crippen molar-refractivity contribution in [3.8, 4) is 0 Å². The topological polar surface area (TPSA) is 37.7 Å². The number of nitrogens with zero attached hydrogens (tertiary/aromatic N) is 3. The molecule has 0 saturated carbocycles. The Labute approximate surface area is 197 Å². The van der Waals surface area contributed by atoms with Crippen LogP contribution in [0.15, 0.2) is 54.6 Å². The van der Waals surface area contributed by atoms with E-state index in [0.29, 0.717) is 0 Å². The summed E-state index contributed by atoms with van der Waals surface area (Å²) in [6.07, 6.45) is 4.39. The first kappa shape index (κ1) is 23.3. The summed E-state index contributed by atoms with van der Waals surface area (Å²) in [5, 5.41) is 1.30. The van der Waals surface area contributed by atoms with Gasteiger partial charge in [0.2, 0.25) is 0 Å². The number of esters is 1. The van der Waals surface area contributed by atoms with E-state index in [-0.39, 0.29) is 5.97 Å². The number of methoxy groups -OCH3 is 1. The average Bonchev–Trinajstić information content (AvgIpc) is 3.16. The van der Waals surface area contributed by atoms with Crippen molar-refractivity contribution in [2.24, 2.45) is 0 Å². The van der Waals surface area contributed by atoms with Gasteiger partial charge in [0.1, 0.15) is 0 Å². The van der Waals surface area contributed by atoms with Gasteiger partial charge in [-0.1, -0.05) is 50.2 Å². The summed E-state index contributed by atoms with van der Waals surface area (Å²) in [7, 11) is 1.41. The summed E-state index contributed by atoms with van der Waals surface area (Å²) in [6.45, 7) is 11.7. The molecule has 0 radical (unpaired) electrons. The first-order valence-corrected chi connectivity index (χ1v) is 12.0. The Hall–Kier alpha value is -2.89. The summed E-state index contributed by atoms with van der Waals surface area (Å²) in [5.74, 6) is -0.331. The van der Waals surface area contributed by atoms with Crippen LogP contribution in [-0.2, 0) is 35.6 Å². The lowest BCUT2D eigenvalue weighted by atomic mass is 10.0. The molecule has 0 aliphatic carbocycles. The summed E-state index contributed by atoms with van der Waals surface area (Å²) < 4.78 is 7.30. The van der Waals surface area contributed by atoms with Gasteiger partial charge in [-0.05, 0) is 48.0 Å². The predicted octanol–water partition coefficient (Wildman–Crippen LogP) is 4.73. The third-order valence-corrected chi connectivity index (χ3v) is 6.75. The number of carbonyl (C=O) groups excluding carboxylic acids is 1. The van der Waals surface area contributed by atoms with Crippen LogP contribution in [-0.4, -0.2) is 53.6 Å². The molecule has 5 nitrogen and oxygen atoms in total. The highest BCUT2D eigenvalue weighted by molar-refractivity contribution is 5.91. The molecule has 2 heterocycles. The van der Waals surface area contributed by atoms with E-state index >= 15 is 0 Å². The molecular weight excluding hydrogens is 410 g/mol. The van der Waals surface area contributed by atoms with E-state index in [9.17, 15) is 4.79 Å². The van der Waals surface area contributed by atoms with Crippen molar-refractivity contribution < 1.29 is 9.53 Å². The fourth-order valence-electron chi connectivity index (χ4n) is 4.87. The molecule has 0 unspecified atom stereocenters. The quantitative estimate of drug-likeness (QED) is 0.353. The maximum Gasteiger partial charge on any atom is 0.330 e. The van der Waals surface area contributed by atoms with Crippen molar-refractivity contribution in [1.29, 1.82) is 0 Å². The monoisotopic (exact) mass is 445 g/mol. The highest BCUT2D eigenvalue weighted by Gasteiger charge is 2.24. The fraction of sp³-hybridized carbons (Fsp3) is 0.393. The zero-order valence-electron chi connectivity index (χ0n) is 20.1. The van der Waals surface area contributed by atoms with Crippen molar-refractivity contribution in [1.82, 2.24) is 14.4 Å². The Morgan fingerprint density at radius 1 is 1.12 bits per heavy atom. The smallest absolute Gasteiger partial charge is 0.330 e. The van der Waals surface area contributed by atoms with Crippen molar-refractivity contribution >= 4 is 22.9 Å². The third-order valence-electron chi connectivity index (χ3n) is 6.75. The van der Waals surface area contributed by atoms with Crippen LogP contribution in [0.5, 0.6) is 0 Å². The van der Waals surface area contributed by atoms with E-state index in [0.717, 1.165) is 57.8 Å². The van der Waals surface area contributed by atoms with Gasteiger partial charge in [0, 0.05) is 61.8 Å². The molecule has 2 aromatic carbocycles. The van der Waals surface area contributed by atoms with Crippen LogP contribution in [0.25, 0.3) is 17.0 Å². The summed E-state index contributed by atoms with van der Waals surface area (Å²) >= 11 is 0.